The van der Waals surface area contributed by atoms with Crippen LogP contribution in [0.2, 0.25) is 0 Å². The Labute approximate surface area is 220 Å². The van der Waals surface area contributed by atoms with Gasteiger partial charge in [0.05, 0.1) is 13.7 Å². The molecule has 0 spiro atoms. The molecule has 2 aliphatic rings. The Morgan fingerprint density at radius 1 is 1.06 bits per heavy atom. The topological polar surface area (TPSA) is 55.8 Å². The fourth-order valence-electron chi connectivity index (χ4n) is 5.20. The van der Waals surface area contributed by atoms with Crippen molar-refractivity contribution >= 4 is 33.0 Å². The summed E-state index contributed by atoms with van der Waals surface area (Å²) < 4.78 is 40.6. The molecule has 0 saturated heterocycles. The molecule has 2 saturated carbocycles. The van der Waals surface area contributed by atoms with Gasteiger partial charge in [-0.05, 0) is 105 Å². The van der Waals surface area contributed by atoms with Gasteiger partial charge in [-0.1, -0.05) is 12.1 Å². The fourth-order valence-corrected chi connectivity index (χ4v) is 5.20. The number of carboxylic acid groups (broad SMARTS) is 1. The molecule has 2 fully saturated rings. The molecular weight excluding hydrogens is 490 g/mol. The van der Waals surface area contributed by atoms with Crippen LogP contribution in [-0.4, -0.2) is 30.5 Å². The van der Waals surface area contributed by atoms with Crippen molar-refractivity contribution in [3.05, 3.63) is 59.4 Å². The van der Waals surface area contributed by atoms with Crippen LogP contribution in [0.25, 0.3) is 0 Å². The molecule has 0 aliphatic heterocycles. The third kappa shape index (κ3) is 6.85. The van der Waals surface area contributed by atoms with Gasteiger partial charge in [0.2, 0.25) is 5.67 Å². The van der Waals surface area contributed by atoms with Gasteiger partial charge in [-0.3, -0.25) is 0 Å². The highest BCUT2D eigenvalue weighted by atomic mass is 32.1. The number of carbonyl (C=O) groups is 1. The van der Waals surface area contributed by atoms with Crippen molar-refractivity contribution in [1.82, 2.24) is 0 Å². The minimum Gasteiger partial charge on any atom is -0.497 e. The van der Waals surface area contributed by atoms with Crippen LogP contribution < -0.4 is 9.47 Å². The molecule has 1 N–H and O–H groups in total. The quantitative estimate of drug-likeness (QED) is 0.394. The summed E-state index contributed by atoms with van der Waals surface area (Å²) in [4.78, 5) is 11.5. The van der Waals surface area contributed by atoms with Gasteiger partial charge in [0.1, 0.15) is 17.3 Å². The minimum absolute atomic E-state index is 0. The minimum atomic E-state index is -2.31. The van der Waals surface area contributed by atoms with E-state index >= 15 is 4.39 Å². The standard InChI is InChI=1S/C27H32F2O4.2H2S/c1-27(29,26(30)31)25(19-10-11-19)20-4-3-5-22(14-20)33-16-17-6-8-18(9-7-17)23-15-21(32-2)12-13-24(23)28;;/h3-5,12-15,17-19,25H,6-11,16H2,1-2H3,(H,30,31);2*1H2/t17?,18?,25-,27-;;/m0../s1. The van der Waals surface area contributed by atoms with Crippen molar-refractivity contribution in [1.29, 1.82) is 0 Å². The van der Waals surface area contributed by atoms with Crippen LogP contribution in [0, 0.1) is 17.7 Å². The van der Waals surface area contributed by atoms with Crippen LogP contribution in [0.3, 0.4) is 0 Å². The first-order chi connectivity index (χ1) is 15.8. The molecule has 0 unspecified atom stereocenters. The highest BCUT2D eigenvalue weighted by molar-refractivity contribution is 7.59. The molecule has 0 heterocycles. The molecule has 8 heteroatoms. The third-order valence-electron chi connectivity index (χ3n) is 7.29. The van der Waals surface area contributed by atoms with E-state index < -0.39 is 17.6 Å². The van der Waals surface area contributed by atoms with Crippen LogP contribution in [0.4, 0.5) is 8.78 Å². The Balaban J connectivity index is 0.00000216. The number of aliphatic carboxylic acids is 1. The number of carboxylic acids is 1. The van der Waals surface area contributed by atoms with Crippen molar-refractivity contribution in [2.45, 2.75) is 63.0 Å². The van der Waals surface area contributed by atoms with Gasteiger partial charge in [0, 0.05) is 5.92 Å². The molecule has 0 amide bonds. The first kappa shape index (κ1) is 29.3. The summed E-state index contributed by atoms with van der Waals surface area (Å²) >= 11 is 0. The Hall–Kier alpha value is -1.93. The lowest BCUT2D eigenvalue weighted by Crippen LogP contribution is -2.38. The highest BCUT2D eigenvalue weighted by Crippen LogP contribution is 2.50. The maximum atomic E-state index is 15.0. The summed E-state index contributed by atoms with van der Waals surface area (Å²) in [6.07, 6.45) is 5.35. The zero-order valence-electron chi connectivity index (χ0n) is 20.2. The molecule has 2 aromatic carbocycles. The Bertz CT molecular complexity index is 989. The normalized spacial score (nSPS) is 22.1. The molecule has 2 atom stereocenters. The molecule has 194 valence electrons. The van der Waals surface area contributed by atoms with E-state index in [0.717, 1.165) is 51.0 Å². The van der Waals surface area contributed by atoms with Crippen molar-refractivity contribution in [3.8, 4) is 11.5 Å². The van der Waals surface area contributed by atoms with Gasteiger partial charge < -0.3 is 14.6 Å². The summed E-state index contributed by atoms with van der Waals surface area (Å²) in [7, 11) is 1.59. The summed E-state index contributed by atoms with van der Waals surface area (Å²) in [5.74, 6) is -0.367. The maximum absolute atomic E-state index is 15.0. The van der Waals surface area contributed by atoms with E-state index in [1.54, 1.807) is 37.4 Å². The number of hydrogen-bond donors (Lipinski definition) is 1. The third-order valence-corrected chi connectivity index (χ3v) is 7.29. The first-order valence-electron chi connectivity index (χ1n) is 11.8. The van der Waals surface area contributed by atoms with Crippen LogP contribution in [-0.2, 0) is 4.79 Å². The molecule has 2 aromatic rings. The fraction of sp³-hybridized carbons (Fsp3) is 0.519. The molecule has 4 nitrogen and oxygen atoms in total. The maximum Gasteiger partial charge on any atom is 0.341 e. The number of benzene rings is 2. The molecule has 35 heavy (non-hydrogen) atoms. The molecule has 0 bridgehead atoms. The lowest BCUT2D eigenvalue weighted by atomic mass is 9.79. The average molecular weight is 527 g/mol. The zero-order valence-corrected chi connectivity index (χ0v) is 22.2. The van der Waals surface area contributed by atoms with Gasteiger partial charge in [0.25, 0.3) is 0 Å². The summed E-state index contributed by atoms with van der Waals surface area (Å²) in [5, 5.41) is 9.41. The van der Waals surface area contributed by atoms with Gasteiger partial charge in [-0.2, -0.15) is 27.0 Å². The van der Waals surface area contributed by atoms with Gasteiger partial charge in [0.15, 0.2) is 0 Å². The molecule has 2 aliphatic carbocycles. The van der Waals surface area contributed by atoms with E-state index in [1.165, 1.54) is 6.07 Å². The second-order valence-corrected chi connectivity index (χ2v) is 9.68. The molecule has 0 aromatic heterocycles. The van der Waals surface area contributed by atoms with Crippen LogP contribution in [0.5, 0.6) is 11.5 Å². The van der Waals surface area contributed by atoms with Crippen molar-refractivity contribution in [3.63, 3.8) is 0 Å². The number of hydrogen-bond acceptors (Lipinski definition) is 3. The van der Waals surface area contributed by atoms with Gasteiger partial charge in [-0.25, -0.2) is 13.6 Å². The van der Waals surface area contributed by atoms with E-state index in [0.29, 0.717) is 29.6 Å². The molecular formula is C27H36F2O4S2. The van der Waals surface area contributed by atoms with E-state index in [4.69, 9.17) is 9.47 Å². The SMILES string of the molecule is COc1ccc(F)c(C2CCC(COc3cccc([C@H](C4CC4)[C@](C)(F)C(=O)O)c3)CC2)c1.S.S. The number of rotatable bonds is 9. The Kier molecular flexibility index (Phi) is 10.3. The number of methoxy groups -OCH3 is 1. The predicted octanol–water partition coefficient (Wildman–Crippen LogP) is 6.72. The molecule has 0 radical (unpaired) electrons. The van der Waals surface area contributed by atoms with Crippen LogP contribution in [0.1, 0.15) is 68.4 Å². The summed E-state index contributed by atoms with van der Waals surface area (Å²) in [6.45, 7) is 1.70. The smallest absolute Gasteiger partial charge is 0.341 e. The number of halogens is 2. The van der Waals surface area contributed by atoms with Gasteiger partial charge >= 0.3 is 5.97 Å². The Morgan fingerprint density at radius 3 is 2.34 bits per heavy atom. The van der Waals surface area contributed by atoms with Crippen molar-refractivity contribution in [2.24, 2.45) is 11.8 Å². The second-order valence-electron chi connectivity index (χ2n) is 9.68. The summed E-state index contributed by atoms with van der Waals surface area (Å²) in [6, 6.07) is 12.1. The van der Waals surface area contributed by atoms with E-state index in [-0.39, 0.29) is 44.6 Å². The predicted molar refractivity (Wildman–Crippen MR) is 143 cm³/mol. The second kappa shape index (κ2) is 12.3. The first-order valence-corrected chi connectivity index (χ1v) is 11.8. The largest absolute Gasteiger partial charge is 0.497 e. The molecule has 4 rings (SSSR count). The summed E-state index contributed by atoms with van der Waals surface area (Å²) in [5.41, 5.74) is -0.909. The monoisotopic (exact) mass is 526 g/mol. The Morgan fingerprint density at radius 2 is 1.74 bits per heavy atom. The van der Waals surface area contributed by atoms with Crippen LogP contribution in [0.15, 0.2) is 42.5 Å². The highest BCUT2D eigenvalue weighted by Gasteiger charge is 2.50. The van der Waals surface area contributed by atoms with Gasteiger partial charge in [-0.15, -0.1) is 0 Å². The number of ether oxygens (including phenoxy) is 2. The van der Waals surface area contributed by atoms with Crippen LogP contribution >= 0.6 is 27.0 Å². The van der Waals surface area contributed by atoms with Crippen molar-refractivity contribution in [2.75, 3.05) is 13.7 Å². The van der Waals surface area contributed by atoms with E-state index in [9.17, 15) is 14.3 Å². The zero-order chi connectivity index (χ0) is 23.6. The van der Waals surface area contributed by atoms with E-state index in [2.05, 4.69) is 0 Å². The average Bonchev–Trinajstić information content (AvgIpc) is 3.63. The lowest BCUT2D eigenvalue weighted by Gasteiger charge is -2.29. The lowest BCUT2D eigenvalue weighted by molar-refractivity contribution is -0.151. The van der Waals surface area contributed by atoms with Crippen molar-refractivity contribution < 1.29 is 28.2 Å². The van der Waals surface area contributed by atoms with E-state index in [1.807, 2.05) is 6.07 Å². The number of alkyl halides is 1.